The van der Waals surface area contributed by atoms with Gasteiger partial charge in [0.25, 0.3) is 0 Å². The minimum atomic E-state index is -2.36. The van der Waals surface area contributed by atoms with Gasteiger partial charge in [-0.25, -0.2) is 0 Å². The predicted octanol–water partition coefficient (Wildman–Crippen LogP) is 1.75. The summed E-state index contributed by atoms with van der Waals surface area (Å²) in [7, 11) is 0. The molecule has 2 rings (SSSR count). The molecule has 0 aliphatic rings. The minimum absolute atomic E-state index is 0.132. The van der Waals surface area contributed by atoms with E-state index in [1.165, 1.54) is 0 Å². The van der Waals surface area contributed by atoms with Gasteiger partial charge < -0.3 is 14.4 Å². The standard InChI is InChI=1S/C10H9NO3S/c12-10-6-2-3-7-8(10)4-1-5-9(7)11-15(13)14/h1-6,11-12H,(H,13,14)/p-1. The van der Waals surface area contributed by atoms with Gasteiger partial charge in [0.1, 0.15) is 5.75 Å². The number of phenols is 1. The van der Waals surface area contributed by atoms with Crippen LogP contribution in [-0.4, -0.2) is 13.9 Å². The van der Waals surface area contributed by atoms with Crippen molar-refractivity contribution in [1.29, 1.82) is 0 Å². The second kappa shape index (κ2) is 3.88. The summed E-state index contributed by atoms with van der Waals surface area (Å²) < 4.78 is 23.3. The molecule has 4 nitrogen and oxygen atoms in total. The van der Waals surface area contributed by atoms with Crippen LogP contribution in [0.2, 0.25) is 0 Å². The molecule has 0 amide bonds. The van der Waals surface area contributed by atoms with E-state index in [2.05, 4.69) is 4.72 Å². The van der Waals surface area contributed by atoms with Gasteiger partial charge in [-0.1, -0.05) is 24.3 Å². The van der Waals surface area contributed by atoms with Gasteiger partial charge >= 0.3 is 0 Å². The lowest BCUT2D eigenvalue weighted by molar-refractivity contribution is 0.481. The minimum Gasteiger partial charge on any atom is -0.755 e. The summed E-state index contributed by atoms with van der Waals surface area (Å²) in [6.45, 7) is 0. The summed E-state index contributed by atoms with van der Waals surface area (Å²) in [5.74, 6) is 0.132. The second-order valence-electron chi connectivity index (χ2n) is 3.01. The molecule has 15 heavy (non-hydrogen) atoms. The molecule has 0 saturated carbocycles. The highest BCUT2D eigenvalue weighted by atomic mass is 32.2. The van der Waals surface area contributed by atoms with Crippen LogP contribution in [0.25, 0.3) is 10.8 Å². The molecule has 2 aromatic rings. The van der Waals surface area contributed by atoms with Crippen LogP contribution < -0.4 is 4.72 Å². The summed E-state index contributed by atoms with van der Waals surface area (Å²) in [6, 6.07) is 10.00. The number of nitrogens with one attached hydrogen (secondary N) is 1. The van der Waals surface area contributed by atoms with Crippen molar-refractivity contribution in [1.82, 2.24) is 0 Å². The third-order valence-corrected chi connectivity index (χ3v) is 2.48. The molecule has 0 radical (unpaired) electrons. The topological polar surface area (TPSA) is 72.4 Å². The maximum Gasteiger partial charge on any atom is 0.123 e. The SMILES string of the molecule is O=S([O-])Nc1cccc2c(O)cccc12. The summed E-state index contributed by atoms with van der Waals surface area (Å²) in [4.78, 5) is 0. The number of hydrogen-bond acceptors (Lipinski definition) is 3. The van der Waals surface area contributed by atoms with Gasteiger partial charge in [0.2, 0.25) is 0 Å². The average molecular weight is 222 g/mol. The smallest absolute Gasteiger partial charge is 0.123 e. The van der Waals surface area contributed by atoms with Crippen LogP contribution in [0.1, 0.15) is 0 Å². The molecule has 78 valence electrons. The molecule has 2 aromatic carbocycles. The van der Waals surface area contributed by atoms with E-state index in [4.69, 9.17) is 0 Å². The van der Waals surface area contributed by atoms with Gasteiger partial charge in [-0.15, -0.1) is 0 Å². The quantitative estimate of drug-likeness (QED) is 0.760. The van der Waals surface area contributed by atoms with Crippen molar-refractivity contribution in [3.05, 3.63) is 36.4 Å². The van der Waals surface area contributed by atoms with Crippen LogP contribution in [0.4, 0.5) is 5.69 Å². The number of phenolic OH excluding ortho intramolecular Hbond substituents is 1. The Bertz CT molecular complexity index is 527. The van der Waals surface area contributed by atoms with Gasteiger partial charge in [-0.3, -0.25) is 4.21 Å². The fourth-order valence-corrected chi connectivity index (χ4v) is 1.83. The normalized spacial score (nSPS) is 12.6. The number of benzene rings is 2. The van der Waals surface area contributed by atoms with E-state index in [1.54, 1.807) is 36.4 Å². The van der Waals surface area contributed by atoms with Crippen molar-refractivity contribution in [2.75, 3.05) is 4.72 Å². The molecule has 1 atom stereocenters. The van der Waals surface area contributed by atoms with Gasteiger partial charge in [-0.05, 0) is 12.1 Å². The van der Waals surface area contributed by atoms with E-state index in [9.17, 15) is 13.9 Å². The molecule has 2 N–H and O–H groups in total. The first kappa shape index (κ1) is 9.95. The lowest BCUT2D eigenvalue weighted by Crippen LogP contribution is -2.02. The van der Waals surface area contributed by atoms with Gasteiger partial charge in [0.05, 0.1) is 5.69 Å². The first-order chi connectivity index (χ1) is 7.18. The molecule has 0 saturated heterocycles. The number of rotatable bonds is 2. The summed E-state index contributed by atoms with van der Waals surface area (Å²) in [6.07, 6.45) is 0. The van der Waals surface area contributed by atoms with Crippen molar-refractivity contribution in [2.45, 2.75) is 0 Å². The summed E-state index contributed by atoms with van der Waals surface area (Å²) in [5, 5.41) is 10.8. The Labute approximate surface area is 89.0 Å². The monoisotopic (exact) mass is 222 g/mol. The zero-order valence-corrected chi connectivity index (χ0v) is 8.45. The predicted molar refractivity (Wildman–Crippen MR) is 58.2 cm³/mol. The van der Waals surface area contributed by atoms with Crippen LogP contribution >= 0.6 is 0 Å². The maximum absolute atomic E-state index is 10.5. The second-order valence-corrected chi connectivity index (χ2v) is 3.69. The van der Waals surface area contributed by atoms with Crippen molar-refractivity contribution < 1.29 is 13.9 Å². The Hall–Kier alpha value is -1.59. The molecular weight excluding hydrogens is 214 g/mol. The van der Waals surface area contributed by atoms with E-state index >= 15 is 0 Å². The number of fused-ring (bicyclic) bond motifs is 1. The Morgan fingerprint density at radius 2 is 1.80 bits per heavy atom. The molecule has 0 heterocycles. The van der Waals surface area contributed by atoms with Crippen LogP contribution in [0.5, 0.6) is 5.75 Å². The fourth-order valence-electron chi connectivity index (χ4n) is 1.47. The van der Waals surface area contributed by atoms with Crippen LogP contribution in [0.15, 0.2) is 36.4 Å². The molecule has 1 unspecified atom stereocenters. The summed E-state index contributed by atoms with van der Waals surface area (Å²) in [5.41, 5.74) is 0.455. The maximum atomic E-state index is 10.5. The third kappa shape index (κ3) is 1.93. The molecular formula is C10H8NO3S-. The number of anilines is 1. The van der Waals surface area contributed by atoms with Crippen LogP contribution in [0.3, 0.4) is 0 Å². The largest absolute Gasteiger partial charge is 0.755 e. The highest BCUT2D eigenvalue weighted by Crippen LogP contribution is 2.29. The van der Waals surface area contributed by atoms with E-state index in [0.717, 1.165) is 0 Å². The lowest BCUT2D eigenvalue weighted by atomic mass is 10.1. The van der Waals surface area contributed by atoms with Crippen LogP contribution in [0, 0.1) is 0 Å². The average Bonchev–Trinajstić information content (AvgIpc) is 2.19. The van der Waals surface area contributed by atoms with Crippen molar-refractivity contribution in [3.8, 4) is 5.75 Å². The molecule has 0 spiro atoms. The summed E-state index contributed by atoms with van der Waals surface area (Å²) >= 11 is -2.36. The molecule has 0 aliphatic carbocycles. The molecule has 0 bridgehead atoms. The number of hydrogen-bond donors (Lipinski definition) is 2. The molecule has 0 aliphatic heterocycles. The Morgan fingerprint density at radius 3 is 2.53 bits per heavy atom. The lowest BCUT2D eigenvalue weighted by Gasteiger charge is -2.11. The third-order valence-electron chi connectivity index (χ3n) is 2.09. The van der Waals surface area contributed by atoms with Gasteiger partial charge in [-0.2, -0.15) is 0 Å². The first-order valence-electron chi connectivity index (χ1n) is 4.25. The zero-order valence-electron chi connectivity index (χ0n) is 7.64. The van der Waals surface area contributed by atoms with Crippen LogP contribution in [-0.2, 0) is 11.3 Å². The molecule has 5 heteroatoms. The highest BCUT2D eigenvalue weighted by Gasteiger charge is 2.02. The van der Waals surface area contributed by atoms with Gasteiger partial charge in [0.15, 0.2) is 0 Å². The molecule has 0 aromatic heterocycles. The van der Waals surface area contributed by atoms with E-state index in [-0.39, 0.29) is 5.75 Å². The van der Waals surface area contributed by atoms with E-state index < -0.39 is 11.3 Å². The fraction of sp³-hybridized carbons (Fsp3) is 0. The Morgan fingerprint density at radius 1 is 1.13 bits per heavy atom. The first-order valence-corrected chi connectivity index (χ1v) is 5.32. The van der Waals surface area contributed by atoms with Crippen molar-refractivity contribution >= 4 is 27.7 Å². The molecule has 0 fully saturated rings. The Balaban J connectivity index is 2.65. The Kier molecular flexibility index (Phi) is 2.57. The van der Waals surface area contributed by atoms with E-state index in [0.29, 0.717) is 16.5 Å². The van der Waals surface area contributed by atoms with Crippen molar-refractivity contribution in [2.24, 2.45) is 0 Å². The van der Waals surface area contributed by atoms with E-state index in [1.807, 2.05) is 0 Å². The van der Waals surface area contributed by atoms with Crippen molar-refractivity contribution in [3.63, 3.8) is 0 Å². The zero-order chi connectivity index (χ0) is 10.8. The highest BCUT2D eigenvalue weighted by molar-refractivity contribution is 7.80. The van der Waals surface area contributed by atoms with Gasteiger partial charge in [0, 0.05) is 22.0 Å². The number of aromatic hydroxyl groups is 1.